The van der Waals surface area contributed by atoms with Crippen molar-refractivity contribution in [3.05, 3.63) is 10.4 Å². The molecule has 0 aromatic carbocycles. The van der Waals surface area contributed by atoms with E-state index in [0.29, 0.717) is 26.1 Å². The van der Waals surface area contributed by atoms with E-state index in [0.717, 1.165) is 0 Å². The molecule has 0 rings (SSSR count). The van der Waals surface area contributed by atoms with Crippen molar-refractivity contribution in [1.82, 2.24) is 0 Å². The first-order chi connectivity index (χ1) is 1.91. The summed E-state index contributed by atoms with van der Waals surface area (Å²) in [5.41, 5.74) is 7.38. The Balaban J connectivity index is 3.11. The average molecular weight is 154 g/mol. The molecule has 0 bridgehead atoms. The van der Waals surface area contributed by atoms with Gasteiger partial charge < -0.3 is 0 Å². The van der Waals surface area contributed by atoms with E-state index >= 15 is 0 Å². The average Bonchev–Trinajstić information content (AvgIpc) is 1.37. The Hall–Kier alpha value is 0.232. The van der Waals surface area contributed by atoms with E-state index < -0.39 is 0 Å². The molecule has 0 saturated carbocycles. The second-order valence-electron chi connectivity index (χ2n) is 0.231. The first-order valence-electron chi connectivity index (χ1n) is 0.716. The van der Waals surface area contributed by atoms with Gasteiger partial charge in [0.2, 0.25) is 0 Å². The van der Waals surface area contributed by atoms with Crippen LogP contribution in [0.15, 0.2) is 2.92 Å². The van der Waals surface area contributed by atoms with Crippen LogP contribution in [0.25, 0.3) is 10.4 Å². The van der Waals surface area contributed by atoms with Gasteiger partial charge in [0.25, 0.3) is 0 Å². The third-order valence-corrected chi connectivity index (χ3v) is 0.424. The third kappa shape index (κ3) is 2.23. The summed E-state index contributed by atoms with van der Waals surface area (Å²) in [6, 6.07) is 0. The molecule has 4 heavy (non-hydrogen) atoms. The molecule has 0 amide bonds. The Morgan fingerprint density at radius 2 is 2.25 bits per heavy atom. The van der Waals surface area contributed by atoms with E-state index in [2.05, 4.69) is 7.84 Å². The maximum atomic E-state index is 7.38. The molecule has 0 saturated heterocycles. The minimum atomic E-state index is 0.421. The molecule has 0 fully saturated rings. The summed E-state index contributed by atoms with van der Waals surface area (Å²) in [4.78, 5) is 2.44. The van der Waals surface area contributed by atoms with Gasteiger partial charge in [-0.3, -0.25) is 0 Å². The van der Waals surface area contributed by atoms with Crippen LogP contribution < -0.4 is 0 Å². The van der Waals surface area contributed by atoms with Crippen molar-refractivity contribution >= 4 is 0 Å². The van der Waals surface area contributed by atoms with Crippen LogP contribution in [0.1, 0.15) is 0 Å². The van der Waals surface area contributed by atoms with Crippen LogP contribution in [0.5, 0.6) is 0 Å². The first-order valence-corrected chi connectivity index (χ1v) is 2.52. The fourth-order valence-corrected chi connectivity index (χ4v) is 0. The van der Waals surface area contributed by atoms with Gasteiger partial charge in [-0.2, -0.15) is 0 Å². The van der Waals surface area contributed by atoms with E-state index in [1.165, 1.54) is 0 Å². The summed E-state index contributed by atoms with van der Waals surface area (Å²) in [7, 11) is 0. The zero-order valence-corrected chi connectivity index (χ0v) is 6.09. The van der Waals surface area contributed by atoms with Crippen LogP contribution in [0.2, 0.25) is 0 Å². The zero-order chi connectivity index (χ0) is 3.41. The number of hydrogen-bond acceptors (Lipinski definition) is 1. The van der Waals surface area contributed by atoms with Crippen LogP contribution in [0.3, 0.4) is 0 Å². The summed E-state index contributed by atoms with van der Waals surface area (Å²) in [5.74, 6) is 0. The van der Waals surface area contributed by atoms with E-state index in [9.17, 15) is 0 Å². The van der Waals surface area contributed by atoms with Crippen molar-refractivity contribution in [3.63, 3.8) is 0 Å². The van der Waals surface area contributed by atoms with Crippen molar-refractivity contribution in [2.45, 2.75) is 0 Å². The van der Waals surface area contributed by atoms with Gasteiger partial charge in [-0.05, 0) is 0 Å². The van der Waals surface area contributed by atoms with Crippen molar-refractivity contribution < 1.29 is 26.1 Å². The van der Waals surface area contributed by atoms with Crippen molar-refractivity contribution in [2.24, 2.45) is 2.92 Å². The fraction of sp³-hybridized carbons (Fsp3) is 0. The van der Waals surface area contributed by atoms with Gasteiger partial charge in [0.1, 0.15) is 0 Å². The number of nitrogens with zero attached hydrogens (tertiary/aromatic N) is 3. The van der Waals surface area contributed by atoms with E-state index in [1.807, 2.05) is 0 Å². The van der Waals surface area contributed by atoms with Gasteiger partial charge >= 0.3 is 39.4 Å². The topological polar surface area (TPSA) is 48.8 Å². The number of hydrogen-bond donors (Lipinski definition) is 0. The number of rotatable bonds is 0. The Kier molecular flexibility index (Phi) is 3.42. The molecule has 3 nitrogen and oxygen atoms in total. The zero-order valence-electron chi connectivity index (χ0n) is 2.05. The van der Waals surface area contributed by atoms with Crippen LogP contribution in [0.4, 0.5) is 0 Å². The van der Waals surface area contributed by atoms with Gasteiger partial charge in [-0.1, -0.05) is 0 Å². The van der Waals surface area contributed by atoms with Crippen LogP contribution in [-0.2, 0) is 26.1 Å². The van der Waals surface area contributed by atoms with Crippen LogP contribution in [-0.4, -0.2) is 0 Å². The minimum absolute atomic E-state index is 0.421. The van der Waals surface area contributed by atoms with E-state index in [4.69, 9.17) is 5.53 Å². The standard InChI is InChI=1S/Cd.N3/c;1-3-2/q+1;-1. The quantitative estimate of drug-likeness (QED) is 0.214. The van der Waals surface area contributed by atoms with Gasteiger partial charge in [-0.25, -0.2) is 0 Å². The summed E-state index contributed by atoms with van der Waals surface area (Å²) in [6.07, 6.45) is 0. The summed E-state index contributed by atoms with van der Waals surface area (Å²) >= 11 is 0.421. The molecule has 0 aliphatic rings. The molecule has 0 heterocycles. The molecule has 0 radical (unpaired) electrons. The molecule has 17 valence electrons. The molecule has 0 N–H and O–H groups in total. The van der Waals surface area contributed by atoms with Gasteiger partial charge in [0.15, 0.2) is 0 Å². The fourth-order valence-electron chi connectivity index (χ4n) is 0. The number of azide groups is 1. The first kappa shape index (κ1) is 4.23. The van der Waals surface area contributed by atoms with Crippen molar-refractivity contribution in [3.8, 4) is 0 Å². The Morgan fingerprint density at radius 3 is 2.25 bits per heavy atom. The Labute approximate surface area is 39.7 Å². The molecule has 0 aliphatic heterocycles. The third-order valence-electron chi connectivity index (χ3n) is 0.0632. The Morgan fingerprint density at radius 1 is 2.00 bits per heavy atom. The molecule has 0 aromatic rings. The predicted octanol–water partition coefficient (Wildman–Crippen LogP) is 0.759. The van der Waals surface area contributed by atoms with Gasteiger partial charge in [0.05, 0.1) is 0 Å². The Bertz CT molecular complexity index is 41.2. The maximum absolute atomic E-state index is 7.38. The molecule has 4 heteroatoms. The predicted molar refractivity (Wildman–Crippen MR) is 9.15 cm³/mol. The van der Waals surface area contributed by atoms with E-state index in [-0.39, 0.29) is 0 Å². The summed E-state index contributed by atoms with van der Waals surface area (Å²) < 4.78 is 3.09. The molecule has 0 unspecified atom stereocenters. The normalized spacial score (nSPS) is 4.50. The second-order valence-corrected chi connectivity index (χ2v) is 1.04. The molecular formula is CdN3. The van der Waals surface area contributed by atoms with E-state index in [1.54, 1.807) is 0 Å². The summed E-state index contributed by atoms with van der Waals surface area (Å²) in [5, 5.41) is 0. The van der Waals surface area contributed by atoms with Crippen LogP contribution in [0, 0.1) is 0 Å². The van der Waals surface area contributed by atoms with Gasteiger partial charge in [-0.15, -0.1) is 0 Å². The molecule has 0 spiro atoms. The summed E-state index contributed by atoms with van der Waals surface area (Å²) in [6.45, 7) is 0. The molecular weight excluding hydrogens is 154 g/mol. The van der Waals surface area contributed by atoms with Crippen molar-refractivity contribution in [1.29, 1.82) is 0 Å². The molecule has 0 atom stereocenters. The monoisotopic (exact) mass is 156 g/mol. The molecule has 0 aliphatic carbocycles. The van der Waals surface area contributed by atoms with Crippen molar-refractivity contribution in [2.75, 3.05) is 0 Å². The van der Waals surface area contributed by atoms with Gasteiger partial charge in [0, 0.05) is 0 Å². The van der Waals surface area contributed by atoms with Crippen LogP contribution >= 0.6 is 0 Å². The second kappa shape index (κ2) is 3.23. The molecule has 0 aromatic heterocycles. The SMILES string of the molecule is [N-]=[N+]=[N][Cd].